The van der Waals surface area contributed by atoms with Gasteiger partial charge in [0.1, 0.15) is 11.5 Å². The van der Waals surface area contributed by atoms with Crippen LogP contribution in [0.1, 0.15) is 44.4 Å². The minimum absolute atomic E-state index is 0.0921. The minimum atomic E-state index is -0.424. The van der Waals surface area contributed by atoms with Gasteiger partial charge in [-0.25, -0.2) is 0 Å². The quantitative estimate of drug-likeness (QED) is 0.362. The number of hydrogen-bond donors (Lipinski definition) is 2. The summed E-state index contributed by atoms with van der Waals surface area (Å²) in [6.45, 7) is 3.93. The summed E-state index contributed by atoms with van der Waals surface area (Å²) >= 11 is 0. The normalized spacial score (nSPS) is 12.1. The first-order valence-corrected chi connectivity index (χ1v) is 11.1. The summed E-state index contributed by atoms with van der Waals surface area (Å²) in [5.74, 6) is -0.337. The number of carbonyl (C=O) groups excluding carboxylic acids is 2. The number of amides is 2. The molecule has 0 aliphatic heterocycles. The molecule has 1 heterocycles. The van der Waals surface area contributed by atoms with Crippen LogP contribution in [-0.2, 0) is 4.79 Å². The Morgan fingerprint density at radius 2 is 1.53 bits per heavy atom. The van der Waals surface area contributed by atoms with Crippen molar-refractivity contribution < 1.29 is 14.0 Å². The van der Waals surface area contributed by atoms with Gasteiger partial charge in [-0.2, -0.15) is 0 Å². The summed E-state index contributed by atoms with van der Waals surface area (Å²) in [5.41, 5.74) is 4.52. The molecule has 5 heteroatoms. The lowest BCUT2D eigenvalue weighted by molar-refractivity contribution is -0.118. The van der Waals surface area contributed by atoms with E-state index >= 15 is 0 Å². The SMILES string of the molecule is Cc1ccc([C@@H](NC(=O)/C(=C/c2ccco2)NC(=O)c2cccc(C)c2)c2ccccc2)cc1. The third kappa shape index (κ3) is 5.70. The number of rotatable bonds is 7. The van der Waals surface area contributed by atoms with Gasteiger partial charge in [0.25, 0.3) is 11.8 Å². The Hall–Kier alpha value is -4.38. The van der Waals surface area contributed by atoms with Crippen LogP contribution in [0.4, 0.5) is 0 Å². The minimum Gasteiger partial charge on any atom is -0.465 e. The zero-order valence-corrected chi connectivity index (χ0v) is 19.1. The van der Waals surface area contributed by atoms with Gasteiger partial charge in [-0.15, -0.1) is 0 Å². The molecule has 0 bridgehead atoms. The van der Waals surface area contributed by atoms with Crippen molar-refractivity contribution in [2.45, 2.75) is 19.9 Å². The third-order valence-corrected chi connectivity index (χ3v) is 5.42. The second-order valence-corrected chi connectivity index (χ2v) is 8.12. The van der Waals surface area contributed by atoms with Gasteiger partial charge in [0.2, 0.25) is 0 Å². The molecular formula is C29H26N2O3. The summed E-state index contributed by atoms with van der Waals surface area (Å²) in [4.78, 5) is 26.4. The average molecular weight is 451 g/mol. The molecule has 1 atom stereocenters. The monoisotopic (exact) mass is 450 g/mol. The van der Waals surface area contributed by atoms with Gasteiger partial charge < -0.3 is 15.1 Å². The Balaban J connectivity index is 1.65. The first-order valence-electron chi connectivity index (χ1n) is 11.1. The highest BCUT2D eigenvalue weighted by atomic mass is 16.3. The van der Waals surface area contributed by atoms with Crippen molar-refractivity contribution >= 4 is 17.9 Å². The zero-order valence-electron chi connectivity index (χ0n) is 19.1. The molecule has 0 aliphatic carbocycles. The average Bonchev–Trinajstić information content (AvgIpc) is 3.36. The Bertz CT molecular complexity index is 1290. The number of carbonyl (C=O) groups is 2. The Morgan fingerprint density at radius 3 is 2.21 bits per heavy atom. The van der Waals surface area contributed by atoms with E-state index < -0.39 is 11.9 Å². The van der Waals surface area contributed by atoms with E-state index in [1.807, 2.05) is 80.6 Å². The lowest BCUT2D eigenvalue weighted by Gasteiger charge is -2.21. The van der Waals surface area contributed by atoms with E-state index in [0.29, 0.717) is 11.3 Å². The third-order valence-electron chi connectivity index (χ3n) is 5.42. The highest BCUT2D eigenvalue weighted by Crippen LogP contribution is 2.23. The number of furan rings is 1. The largest absolute Gasteiger partial charge is 0.465 e. The molecule has 0 fully saturated rings. The number of aryl methyl sites for hydroxylation is 2. The van der Waals surface area contributed by atoms with Gasteiger partial charge in [0.05, 0.1) is 12.3 Å². The first-order chi connectivity index (χ1) is 16.5. The Morgan fingerprint density at radius 1 is 0.794 bits per heavy atom. The molecule has 0 spiro atoms. The molecular weight excluding hydrogens is 424 g/mol. The van der Waals surface area contributed by atoms with Crippen LogP contribution in [0.3, 0.4) is 0 Å². The highest BCUT2D eigenvalue weighted by molar-refractivity contribution is 6.05. The van der Waals surface area contributed by atoms with E-state index in [1.165, 1.54) is 12.3 Å². The maximum Gasteiger partial charge on any atom is 0.268 e. The van der Waals surface area contributed by atoms with Gasteiger partial charge in [-0.3, -0.25) is 9.59 Å². The van der Waals surface area contributed by atoms with E-state index in [9.17, 15) is 9.59 Å². The van der Waals surface area contributed by atoms with Crippen LogP contribution >= 0.6 is 0 Å². The Labute approximate surface area is 199 Å². The van der Waals surface area contributed by atoms with E-state index in [1.54, 1.807) is 24.3 Å². The second-order valence-electron chi connectivity index (χ2n) is 8.12. The maximum absolute atomic E-state index is 13.5. The number of nitrogens with one attached hydrogen (secondary N) is 2. The summed E-state index contributed by atoms with van der Waals surface area (Å²) in [6, 6.07) is 28.0. The summed E-state index contributed by atoms with van der Waals surface area (Å²) in [5, 5.41) is 5.85. The van der Waals surface area contributed by atoms with Gasteiger partial charge in [0, 0.05) is 11.6 Å². The molecule has 4 rings (SSSR count). The predicted molar refractivity (Wildman–Crippen MR) is 133 cm³/mol. The summed E-state index contributed by atoms with van der Waals surface area (Å²) < 4.78 is 5.40. The molecule has 0 radical (unpaired) electrons. The molecule has 3 aromatic carbocycles. The fourth-order valence-corrected chi connectivity index (χ4v) is 3.63. The van der Waals surface area contributed by atoms with E-state index in [-0.39, 0.29) is 11.6 Å². The summed E-state index contributed by atoms with van der Waals surface area (Å²) in [6.07, 6.45) is 3.04. The summed E-state index contributed by atoms with van der Waals surface area (Å²) in [7, 11) is 0. The van der Waals surface area contributed by atoms with Crippen LogP contribution in [-0.4, -0.2) is 11.8 Å². The molecule has 0 saturated carbocycles. The van der Waals surface area contributed by atoms with Crippen molar-refractivity contribution in [3.8, 4) is 0 Å². The van der Waals surface area contributed by atoms with Crippen LogP contribution < -0.4 is 10.6 Å². The molecule has 0 unspecified atom stereocenters. The van der Waals surface area contributed by atoms with Crippen molar-refractivity contribution in [1.82, 2.24) is 10.6 Å². The van der Waals surface area contributed by atoms with Crippen LogP contribution in [0, 0.1) is 13.8 Å². The van der Waals surface area contributed by atoms with Crippen LogP contribution in [0.2, 0.25) is 0 Å². The van der Waals surface area contributed by atoms with Crippen LogP contribution in [0.25, 0.3) is 6.08 Å². The molecule has 170 valence electrons. The molecule has 1 aromatic heterocycles. The molecule has 34 heavy (non-hydrogen) atoms. The lowest BCUT2D eigenvalue weighted by Crippen LogP contribution is -2.37. The topological polar surface area (TPSA) is 71.3 Å². The van der Waals surface area contributed by atoms with Gasteiger partial charge in [0.15, 0.2) is 0 Å². The fourth-order valence-electron chi connectivity index (χ4n) is 3.63. The Kier molecular flexibility index (Phi) is 7.04. The molecule has 0 saturated heterocycles. The van der Waals surface area contributed by atoms with Crippen molar-refractivity contribution in [1.29, 1.82) is 0 Å². The highest BCUT2D eigenvalue weighted by Gasteiger charge is 2.21. The smallest absolute Gasteiger partial charge is 0.268 e. The zero-order chi connectivity index (χ0) is 23.9. The lowest BCUT2D eigenvalue weighted by atomic mass is 9.97. The van der Waals surface area contributed by atoms with Crippen molar-refractivity contribution in [3.05, 3.63) is 137 Å². The van der Waals surface area contributed by atoms with E-state index in [2.05, 4.69) is 10.6 Å². The van der Waals surface area contributed by atoms with Crippen LogP contribution in [0.15, 0.2) is 107 Å². The predicted octanol–water partition coefficient (Wildman–Crippen LogP) is 5.57. The maximum atomic E-state index is 13.5. The molecule has 4 aromatic rings. The van der Waals surface area contributed by atoms with Gasteiger partial charge in [-0.1, -0.05) is 77.9 Å². The van der Waals surface area contributed by atoms with Crippen molar-refractivity contribution in [2.75, 3.05) is 0 Å². The standard InChI is InChI=1S/C29H26N2O3/c1-20-13-15-23(16-14-20)27(22-9-4-3-5-10-22)31-29(33)26(19-25-12-7-17-34-25)30-28(32)24-11-6-8-21(2)18-24/h3-19,27H,1-2H3,(H,30,32)(H,31,33)/b26-19-/t27-/m0/s1. The van der Waals surface area contributed by atoms with Crippen molar-refractivity contribution in [3.63, 3.8) is 0 Å². The molecule has 0 aliphatic rings. The second kappa shape index (κ2) is 10.5. The van der Waals surface area contributed by atoms with E-state index in [4.69, 9.17) is 4.42 Å². The fraction of sp³-hybridized carbons (Fsp3) is 0.103. The molecule has 5 nitrogen and oxygen atoms in total. The van der Waals surface area contributed by atoms with Gasteiger partial charge >= 0.3 is 0 Å². The van der Waals surface area contributed by atoms with Crippen LogP contribution in [0.5, 0.6) is 0 Å². The molecule has 2 N–H and O–H groups in total. The molecule has 2 amide bonds. The number of hydrogen-bond acceptors (Lipinski definition) is 3. The number of benzene rings is 3. The van der Waals surface area contributed by atoms with Crippen molar-refractivity contribution in [2.24, 2.45) is 0 Å². The van der Waals surface area contributed by atoms with E-state index in [0.717, 1.165) is 22.3 Å². The van der Waals surface area contributed by atoms with Gasteiger partial charge in [-0.05, 0) is 49.2 Å². The first kappa shape index (κ1) is 22.8.